The molecule has 178 valence electrons. The van der Waals surface area contributed by atoms with Crippen LogP contribution >= 0.6 is 22.6 Å². The predicted molar refractivity (Wildman–Crippen MR) is 137 cm³/mol. The van der Waals surface area contributed by atoms with E-state index in [1.54, 1.807) is 43.4 Å². The van der Waals surface area contributed by atoms with E-state index in [0.717, 1.165) is 17.2 Å². The first-order valence-electron chi connectivity index (χ1n) is 10.7. The highest BCUT2D eigenvalue weighted by molar-refractivity contribution is 14.1. The molecule has 0 unspecified atom stereocenters. The van der Waals surface area contributed by atoms with Crippen molar-refractivity contribution < 1.29 is 23.0 Å². The monoisotopic (exact) mass is 577 g/mol. The molecule has 0 bridgehead atoms. The summed E-state index contributed by atoms with van der Waals surface area (Å²) < 4.78 is 40.5. The van der Waals surface area contributed by atoms with Crippen LogP contribution in [0.5, 0.6) is 5.75 Å². The van der Waals surface area contributed by atoms with Crippen molar-refractivity contribution >= 4 is 34.3 Å². The quantitative estimate of drug-likeness (QED) is 0.142. The van der Waals surface area contributed by atoms with Crippen LogP contribution in [0.1, 0.15) is 37.5 Å². The lowest BCUT2D eigenvalue weighted by Gasteiger charge is -2.24. The zero-order valence-electron chi connectivity index (χ0n) is 19.4. The van der Waals surface area contributed by atoms with E-state index in [1.807, 2.05) is 60.7 Å². The lowest BCUT2D eigenvalue weighted by molar-refractivity contribution is -0.156. The van der Waals surface area contributed by atoms with Gasteiger partial charge >= 0.3 is 5.97 Å². The number of carbonyl (C=O) groups excluding carboxylic acids is 1. The molecule has 34 heavy (non-hydrogen) atoms. The van der Waals surface area contributed by atoms with E-state index in [2.05, 4.69) is 0 Å². The lowest BCUT2D eigenvalue weighted by atomic mass is 10.00. The molecule has 3 rings (SSSR count). The van der Waals surface area contributed by atoms with Gasteiger partial charge in [-0.2, -0.15) is 0 Å². The highest BCUT2D eigenvalue weighted by Gasteiger charge is 2.30. The maximum atomic E-state index is 15.1. The molecule has 0 amide bonds. The largest absolute Gasteiger partial charge is 0.493 e. The average molecular weight is 577 g/mol. The number of carbonyl (C=O) groups is 1. The molecule has 3 aromatic rings. The molecule has 4 nitrogen and oxygen atoms in total. The van der Waals surface area contributed by atoms with Crippen LogP contribution < -0.4 is 4.74 Å². The molecule has 0 aliphatic rings. The summed E-state index contributed by atoms with van der Waals surface area (Å²) in [5.74, 6) is -2.25. The summed E-state index contributed by atoms with van der Waals surface area (Å²) in [6.45, 7) is 5.23. The van der Waals surface area contributed by atoms with Gasteiger partial charge in [0.25, 0.3) is 0 Å². The van der Waals surface area contributed by atoms with Gasteiger partial charge in [0.05, 0.1) is 16.4 Å². The maximum Gasteiger partial charge on any atom is 0.331 e. The Kier molecular flexibility index (Phi) is 8.41. The van der Waals surface area contributed by atoms with Crippen LogP contribution in [0.15, 0.2) is 71.7 Å². The molecule has 0 fully saturated rings. The summed E-state index contributed by atoms with van der Waals surface area (Å²) in [7, 11) is 1.26. The molecule has 0 aliphatic carbocycles. The fourth-order valence-corrected chi connectivity index (χ4v) is 4.04. The van der Waals surface area contributed by atoms with Crippen LogP contribution in [0.2, 0.25) is 0 Å². The van der Waals surface area contributed by atoms with Gasteiger partial charge in [-0.15, -0.1) is 0 Å². The van der Waals surface area contributed by atoms with Gasteiger partial charge in [0.15, 0.2) is 17.6 Å². The predicted octanol–water partition coefficient (Wildman–Crippen LogP) is 6.37. The lowest BCUT2D eigenvalue weighted by Crippen LogP contribution is -2.33. The standard InChI is InChI=1S/C27H26F2INO3/c1-27(2,3)34-26(32)22(15-19-23(29)21(30)16-20(28)25(19)33-4)31-24(17-11-7-5-8-12-17)18-13-9-6-10-14-18/h5-14,16,22H,15H2,1-4H3/t22-/m1/s1. The van der Waals surface area contributed by atoms with Crippen LogP contribution in [0.4, 0.5) is 8.78 Å². The van der Waals surface area contributed by atoms with Gasteiger partial charge in [-0.3, -0.25) is 4.99 Å². The average Bonchev–Trinajstić information content (AvgIpc) is 2.79. The van der Waals surface area contributed by atoms with E-state index < -0.39 is 29.2 Å². The molecule has 0 saturated carbocycles. The van der Waals surface area contributed by atoms with Crippen molar-refractivity contribution in [1.29, 1.82) is 0 Å². The second-order valence-corrected chi connectivity index (χ2v) is 9.79. The number of aliphatic imine (C=N–C) groups is 1. The number of methoxy groups -OCH3 is 1. The van der Waals surface area contributed by atoms with E-state index in [1.165, 1.54) is 7.11 Å². The molecule has 0 aliphatic heterocycles. The molecule has 7 heteroatoms. The number of rotatable bonds is 7. The fraction of sp³-hybridized carbons (Fsp3) is 0.259. The Morgan fingerprint density at radius 3 is 2.00 bits per heavy atom. The van der Waals surface area contributed by atoms with E-state index in [9.17, 15) is 9.18 Å². The molecule has 1 atom stereocenters. The van der Waals surface area contributed by atoms with Crippen LogP contribution in [0.3, 0.4) is 0 Å². The van der Waals surface area contributed by atoms with Gasteiger partial charge in [0.2, 0.25) is 0 Å². The van der Waals surface area contributed by atoms with Gasteiger partial charge in [0.1, 0.15) is 11.4 Å². The van der Waals surface area contributed by atoms with E-state index in [-0.39, 0.29) is 21.3 Å². The van der Waals surface area contributed by atoms with E-state index >= 15 is 4.39 Å². The minimum atomic E-state index is -1.14. The maximum absolute atomic E-state index is 15.1. The molecule has 0 aromatic heterocycles. The number of benzene rings is 3. The smallest absolute Gasteiger partial charge is 0.331 e. The Morgan fingerprint density at radius 2 is 1.53 bits per heavy atom. The topological polar surface area (TPSA) is 47.9 Å². The Balaban J connectivity index is 2.18. The SMILES string of the molecule is COc1c(F)cc(I)c(F)c1C[C@@H](N=C(c1ccccc1)c1ccccc1)C(=O)OC(C)(C)C. The molecule has 0 saturated heterocycles. The Hall–Kier alpha value is -2.81. The second kappa shape index (κ2) is 11.1. The van der Waals surface area contributed by atoms with E-state index in [4.69, 9.17) is 14.5 Å². The van der Waals surface area contributed by atoms with Crippen molar-refractivity contribution in [2.45, 2.75) is 38.8 Å². The first-order chi connectivity index (χ1) is 16.1. The summed E-state index contributed by atoms with van der Waals surface area (Å²) in [4.78, 5) is 18.0. The normalized spacial score (nSPS) is 12.1. The molecule has 0 heterocycles. The van der Waals surface area contributed by atoms with Crippen molar-refractivity contribution in [3.63, 3.8) is 0 Å². The molecule has 3 aromatic carbocycles. The minimum Gasteiger partial charge on any atom is -0.493 e. The first-order valence-corrected chi connectivity index (χ1v) is 11.8. The summed E-state index contributed by atoms with van der Waals surface area (Å²) in [5, 5.41) is 0. The molecule has 0 spiro atoms. The molecule has 0 radical (unpaired) electrons. The van der Waals surface area contributed by atoms with Crippen molar-refractivity contribution in [3.8, 4) is 5.75 Å². The number of halogens is 3. The third kappa shape index (κ3) is 6.40. The summed E-state index contributed by atoms with van der Waals surface area (Å²) in [6, 6.07) is 18.7. The highest BCUT2D eigenvalue weighted by atomic mass is 127. The minimum absolute atomic E-state index is 0.0630. The van der Waals surface area contributed by atoms with Crippen molar-refractivity contribution in [3.05, 3.63) is 98.6 Å². The van der Waals surface area contributed by atoms with Crippen LogP contribution in [0, 0.1) is 15.2 Å². The van der Waals surface area contributed by atoms with Crippen molar-refractivity contribution in [1.82, 2.24) is 0 Å². The number of ether oxygens (including phenoxy) is 2. The molecular formula is C27H26F2INO3. The molecule has 0 N–H and O–H groups in total. The number of esters is 1. The third-order valence-electron chi connectivity index (χ3n) is 4.88. The highest BCUT2D eigenvalue weighted by Crippen LogP contribution is 2.31. The zero-order chi connectivity index (χ0) is 24.9. The summed E-state index contributed by atoms with van der Waals surface area (Å²) >= 11 is 1.72. The van der Waals surface area contributed by atoms with Gasteiger partial charge in [0, 0.05) is 23.1 Å². The fourth-order valence-electron chi connectivity index (χ4n) is 3.44. The first kappa shape index (κ1) is 25.8. The molecular weight excluding hydrogens is 551 g/mol. The van der Waals surface area contributed by atoms with Gasteiger partial charge in [-0.25, -0.2) is 13.6 Å². The van der Waals surface area contributed by atoms with Crippen molar-refractivity contribution in [2.24, 2.45) is 4.99 Å². The number of hydrogen-bond donors (Lipinski definition) is 0. The van der Waals surface area contributed by atoms with Crippen LogP contribution in [-0.2, 0) is 16.0 Å². The van der Waals surface area contributed by atoms with Crippen LogP contribution in [0.25, 0.3) is 0 Å². The van der Waals surface area contributed by atoms with Crippen molar-refractivity contribution in [2.75, 3.05) is 7.11 Å². The van der Waals surface area contributed by atoms with E-state index in [0.29, 0.717) is 5.71 Å². The van der Waals surface area contributed by atoms with Gasteiger partial charge < -0.3 is 9.47 Å². The van der Waals surface area contributed by atoms with Gasteiger partial charge in [-0.1, -0.05) is 60.7 Å². The Labute approximate surface area is 212 Å². The third-order valence-corrected chi connectivity index (χ3v) is 5.66. The summed E-state index contributed by atoms with van der Waals surface area (Å²) in [6.07, 6.45) is -0.235. The van der Waals surface area contributed by atoms with Crippen LogP contribution in [-0.4, -0.2) is 30.4 Å². The zero-order valence-corrected chi connectivity index (χ0v) is 21.6. The number of hydrogen-bond acceptors (Lipinski definition) is 4. The second-order valence-electron chi connectivity index (χ2n) is 8.63. The summed E-state index contributed by atoms with van der Waals surface area (Å²) in [5.41, 5.74) is 1.25. The Bertz CT molecular complexity index is 1130. The van der Waals surface area contributed by atoms with Gasteiger partial charge in [-0.05, 0) is 49.4 Å². The number of nitrogens with zero attached hydrogens (tertiary/aromatic N) is 1. The Morgan fingerprint density at radius 1 is 1.00 bits per heavy atom.